The molecule has 0 aliphatic heterocycles. The van der Waals surface area contributed by atoms with Gasteiger partial charge in [0.05, 0.1) is 6.61 Å². The van der Waals surface area contributed by atoms with Gasteiger partial charge in [-0.3, -0.25) is 4.79 Å². The molecule has 0 saturated heterocycles. The molecule has 0 bridgehead atoms. The van der Waals surface area contributed by atoms with Crippen LogP contribution in [0, 0.1) is 5.92 Å². The third-order valence-electron chi connectivity index (χ3n) is 2.64. The minimum atomic E-state index is -0.0807. The summed E-state index contributed by atoms with van der Waals surface area (Å²) in [4.78, 5) is 10.9. The molecule has 0 fully saturated rings. The summed E-state index contributed by atoms with van der Waals surface area (Å²) in [6, 6.07) is 7.42. The van der Waals surface area contributed by atoms with Crippen LogP contribution in [0.3, 0.4) is 0 Å². The Labute approximate surface area is 113 Å². The fraction of sp³-hybridized carbons (Fsp3) is 0.500. The quantitative estimate of drug-likeness (QED) is 0.767. The lowest BCUT2D eigenvalue weighted by atomic mass is 10.1. The Balaban J connectivity index is 2.40. The van der Waals surface area contributed by atoms with Gasteiger partial charge in [-0.2, -0.15) is 0 Å². The van der Waals surface area contributed by atoms with E-state index in [0.29, 0.717) is 18.4 Å². The summed E-state index contributed by atoms with van der Waals surface area (Å²) in [5.41, 5.74) is 0.758. The van der Waals surface area contributed by atoms with Crippen LogP contribution >= 0.6 is 11.6 Å². The number of ether oxygens (including phenoxy) is 1. The molecule has 4 heteroatoms. The third-order valence-corrected chi connectivity index (χ3v) is 2.85. The average molecular weight is 270 g/mol. The number of halogens is 1. The highest BCUT2D eigenvalue weighted by molar-refractivity contribution is 6.17. The Morgan fingerprint density at radius 2 is 2.22 bits per heavy atom. The Morgan fingerprint density at radius 1 is 1.44 bits per heavy atom. The van der Waals surface area contributed by atoms with Crippen LogP contribution in [-0.4, -0.2) is 18.4 Å². The first-order valence-corrected chi connectivity index (χ1v) is 6.71. The number of rotatable bonds is 7. The number of carbonyl (C=O) groups is 1. The second kappa shape index (κ2) is 7.98. The highest BCUT2D eigenvalue weighted by Crippen LogP contribution is 2.18. The van der Waals surface area contributed by atoms with E-state index in [-0.39, 0.29) is 5.91 Å². The molecular weight excluding hydrogens is 250 g/mol. The van der Waals surface area contributed by atoms with Crippen LogP contribution in [0.5, 0.6) is 5.75 Å². The molecule has 1 aromatic carbocycles. The third kappa shape index (κ3) is 5.92. The van der Waals surface area contributed by atoms with Crippen molar-refractivity contribution >= 4 is 23.2 Å². The molecule has 1 amide bonds. The van der Waals surface area contributed by atoms with E-state index in [4.69, 9.17) is 16.3 Å². The number of alkyl halides is 1. The average Bonchev–Trinajstić information content (AvgIpc) is 2.29. The van der Waals surface area contributed by atoms with Crippen LogP contribution < -0.4 is 10.1 Å². The summed E-state index contributed by atoms with van der Waals surface area (Å²) in [5, 5.41) is 2.73. The van der Waals surface area contributed by atoms with E-state index in [1.165, 1.54) is 6.92 Å². The standard InChI is InChI=1S/C14H20ClNO2/c1-11(6-8-15)7-9-18-14-5-3-4-13(10-14)16-12(2)17/h3-5,10-11H,6-9H2,1-2H3,(H,16,17). The van der Waals surface area contributed by atoms with Crippen molar-refractivity contribution in [2.75, 3.05) is 17.8 Å². The van der Waals surface area contributed by atoms with Crippen molar-refractivity contribution in [2.45, 2.75) is 26.7 Å². The largest absolute Gasteiger partial charge is 0.494 e. The van der Waals surface area contributed by atoms with Gasteiger partial charge in [-0.05, 0) is 30.9 Å². The summed E-state index contributed by atoms with van der Waals surface area (Å²) >= 11 is 5.68. The summed E-state index contributed by atoms with van der Waals surface area (Å²) in [5.74, 6) is 1.96. The molecule has 1 unspecified atom stereocenters. The second-order valence-electron chi connectivity index (χ2n) is 4.43. The molecule has 3 nitrogen and oxygen atoms in total. The molecule has 0 aliphatic rings. The zero-order valence-electron chi connectivity index (χ0n) is 10.9. The minimum absolute atomic E-state index is 0.0807. The van der Waals surface area contributed by atoms with Crippen LogP contribution in [-0.2, 0) is 4.79 Å². The van der Waals surface area contributed by atoms with Crippen molar-refractivity contribution in [1.82, 2.24) is 0 Å². The van der Waals surface area contributed by atoms with Gasteiger partial charge in [-0.1, -0.05) is 13.0 Å². The van der Waals surface area contributed by atoms with Gasteiger partial charge in [0.1, 0.15) is 5.75 Å². The van der Waals surface area contributed by atoms with Crippen molar-refractivity contribution in [1.29, 1.82) is 0 Å². The van der Waals surface area contributed by atoms with Gasteiger partial charge in [0.2, 0.25) is 5.91 Å². The maximum atomic E-state index is 10.9. The molecule has 1 atom stereocenters. The van der Waals surface area contributed by atoms with E-state index in [9.17, 15) is 4.79 Å². The number of carbonyl (C=O) groups excluding carboxylic acids is 1. The van der Waals surface area contributed by atoms with Crippen molar-refractivity contribution < 1.29 is 9.53 Å². The lowest BCUT2D eigenvalue weighted by Crippen LogP contribution is -2.07. The van der Waals surface area contributed by atoms with Gasteiger partial charge in [0.25, 0.3) is 0 Å². The molecule has 18 heavy (non-hydrogen) atoms. The number of hydrogen-bond donors (Lipinski definition) is 1. The van der Waals surface area contributed by atoms with Crippen molar-refractivity contribution in [3.63, 3.8) is 0 Å². The van der Waals surface area contributed by atoms with E-state index < -0.39 is 0 Å². The maximum absolute atomic E-state index is 10.9. The first-order chi connectivity index (χ1) is 8.61. The Kier molecular flexibility index (Phi) is 6.58. The zero-order chi connectivity index (χ0) is 13.4. The molecule has 100 valence electrons. The number of anilines is 1. The van der Waals surface area contributed by atoms with Gasteiger partial charge in [0, 0.05) is 24.6 Å². The summed E-state index contributed by atoms with van der Waals surface area (Å²) in [7, 11) is 0. The second-order valence-corrected chi connectivity index (χ2v) is 4.81. The molecule has 0 heterocycles. The highest BCUT2D eigenvalue weighted by Gasteiger charge is 2.02. The topological polar surface area (TPSA) is 38.3 Å². The summed E-state index contributed by atoms with van der Waals surface area (Å²) in [6.07, 6.45) is 1.99. The van der Waals surface area contributed by atoms with Crippen LogP contribution in [0.25, 0.3) is 0 Å². The van der Waals surface area contributed by atoms with Crippen LogP contribution in [0.1, 0.15) is 26.7 Å². The normalized spacial score (nSPS) is 11.9. The fourth-order valence-corrected chi connectivity index (χ4v) is 1.95. The van der Waals surface area contributed by atoms with Gasteiger partial charge >= 0.3 is 0 Å². The van der Waals surface area contributed by atoms with E-state index in [1.807, 2.05) is 24.3 Å². The number of benzene rings is 1. The van der Waals surface area contributed by atoms with Crippen molar-refractivity contribution in [3.05, 3.63) is 24.3 Å². The molecule has 0 radical (unpaired) electrons. The van der Waals surface area contributed by atoms with Crippen LogP contribution in [0.15, 0.2) is 24.3 Å². The number of hydrogen-bond acceptors (Lipinski definition) is 2. The predicted molar refractivity (Wildman–Crippen MR) is 75.4 cm³/mol. The van der Waals surface area contributed by atoms with Gasteiger partial charge < -0.3 is 10.1 Å². The van der Waals surface area contributed by atoms with Gasteiger partial charge in [0.15, 0.2) is 0 Å². The first kappa shape index (κ1) is 14.8. The van der Waals surface area contributed by atoms with E-state index in [1.54, 1.807) is 0 Å². The smallest absolute Gasteiger partial charge is 0.221 e. The van der Waals surface area contributed by atoms with E-state index in [2.05, 4.69) is 12.2 Å². The SMILES string of the molecule is CC(=O)Nc1cccc(OCCC(C)CCCl)c1. The van der Waals surface area contributed by atoms with Crippen LogP contribution in [0.2, 0.25) is 0 Å². The summed E-state index contributed by atoms with van der Waals surface area (Å²) < 4.78 is 5.65. The number of amides is 1. The first-order valence-electron chi connectivity index (χ1n) is 6.18. The Hall–Kier alpha value is -1.22. The predicted octanol–water partition coefficient (Wildman–Crippen LogP) is 3.68. The Morgan fingerprint density at radius 3 is 2.89 bits per heavy atom. The number of nitrogens with one attached hydrogen (secondary N) is 1. The molecule has 0 aromatic heterocycles. The van der Waals surface area contributed by atoms with Gasteiger partial charge in [-0.25, -0.2) is 0 Å². The summed E-state index contributed by atoms with van der Waals surface area (Å²) in [6.45, 7) is 4.32. The van der Waals surface area contributed by atoms with E-state index >= 15 is 0 Å². The lowest BCUT2D eigenvalue weighted by Gasteiger charge is -2.11. The monoisotopic (exact) mass is 269 g/mol. The highest BCUT2D eigenvalue weighted by atomic mass is 35.5. The molecule has 0 spiro atoms. The zero-order valence-corrected chi connectivity index (χ0v) is 11.7. The lowest BCUT2D eigenvalue weighted by molar-refractivity contribution is -0.114. The Bertz CT molecular complexity index is 382. The van der Waals surface area contributed by atoms with Crippen molar-refractivity contribution in [2.24, 2.45) is 5.92 Å². The molecule has 1 N–H and O–H groups in total. The molecular formula is C14H20ClNO2. The minimum Gasteiger partial charge on any atom is -0.494 e. The molecule has 1 aromatic rings. The van der Waals surface area contributed by atoms with Crippen molar-refractivity contribution in [3.8, 4) is 5.75 Å². The molecule has 1 rings (SSSR count). The van der Waals surface area contributed by atoms with Gasteiger partial charge in [-0.15, -0.1) is 11.6 Å². The molecule has 0 saturated carbocycles. The van der Waals surface area contributed by atoms with E-state index in [0.717, 1.165) is 24.3 Å². The fourth-order valence-electron chi connectivity index (χ4n) is 1.58. The van der Waals surface area contributed by atoms with Crippen LogP contribution in [0.4, 0.5) is 5.69 Å². The molecule has 0 aliphatic carbocycles. The maximum Gasteiger partial charge on any atom is 0.221 e.